The number of halogens is 1. The molecule has 5 nitrogen and oxygen atoms in total. The molecule has 1 N–H and O–H groups in total. The molecule has 3 rings (SSSR count). The summed E-state index contributed by atoms with van der Waals surface area (Å²) in [5, 5.41) is 3.01. The lowest BCUT2D eigenvalue weighted by atomic mass is 10.1. The van der Waals surface area contributed by atoms with Crippen LogP contribution in [0.3, 0.4) is 0 Å². The fourth-order valence-corrected chi connectivity index (χ4v) is 4.19. The minimum absolute atomic E-state index is 0.215. The van der Waals surface area contributed by atoms with E-state index in [2.05, 4.69) is 19.2 Å². The van der Waals surface area contributed by atoms with E-state index in [0.717, 1.165) is 11.3 Å². The van der Waals surface area contributed by atoms with Gasteiger partial charge in [-0.15, -0.1) is 0 Å². The molecule has 1 amide bonds. The molecule has 2 aromatic rings. The Bertz CT molecular complexity index is 1020. The Hall–Kier alpha value is -2.22. The maximum absolute atomic E-state index is 11.9. The minimum atomic E-state index is -0.215. The average Bonchev–Trinajstić information content (AvgIpc) is 3.03. The van der Waals surface area contributed by atoms with E-state index in [-0.39, 0.29) is 5.91 Å². The third-order valence-corrected chi connectivity index (χ3v) is 6.00. The van der Waals surface area contributed by atoms with Gasteiger partial charge in [-0.3, -0.25) is 4.79 Å². The molecule has 1 aliphatic rings. The van der Waals surface area contributed by atoms with Crippen LogP contribution in [0.25, 0.3) is 6.08 Å². The SMILES string of the molecule is CCOc1cc(C=C2SC(=S)NC2=O)cc(Cl)c1OCCCOc1ccc(C)c(C)c1. The molecule has 0 saturated carbocycles. The van der Waals surface area contributed by atoms with Gasteiger partial charge in [-0.2, -0.15) is 0 Å². The molecule has 0 bridgehead atoms. The van der Waals surface area contributed by atoms with Crippen molar-refractivity contribution < 1.29 is 19.0 Å². The molecule has 0 radical (unpaired) electrons. The lowest BCUT2D eigenvalue weighted by Gasteiger charge is -2.15. The van der Waals surface area contributed by atoms with E-state index in [4.69, 9.17) is 38.0 Å². The Kier molecular flexibility index (Phi) is 8.23. The van der Waals surface area contributed by atoms with E-state index < -0.39 is 0 Å². The fourth-order valence-electron chi connectivity index (χ4n) is 2.87. The maximum atomic E-state index is 11.9. The van der Waals surface area contributed by atoms with Gasteiger partial charge >= 0.3 is 0 Å². The zero-order valence-corrected chi connectivity index (χ0v) is 20.0. The smallest absolute Gasteiger partial charge is 0.263 e. The van der Waals surface area contributed by atoms with E-state index in [0.29, 0.717) is 52.0 Å². The number of carbonyl (C=O) groups excluding carboxylic acids is 1. The number of rotatable bonds is 9. The molecule has 1 fully saturated rings. The lowest BCUT2D eigenvalue weighted by molar-refractivity contribution is -0.115. The monoisotopic (exact) mass is 477 g/mol. The molecule has 0 unspecified atom stereocenters. The molecule has 164 valence electrons. The van der Waals surface area contributed by atoms with Gasteiger partial charge in [-0.1, -0.05) is 41.6 Å². The number of thiocarbonyl (C=S) groups is 1. The van der Waals surface area contributed by atoms with Crippen LogP contribution >= 0.6 is 35.6 Å². The molecule has 1 heterocycles. The molecule has 1 aliphatic heterocycles. The van der Waals surface area contributed by atoms with Crippen molar-refractivity contribution in [1.29, 1.82) is 0 Å². The topological polar surface area (TPSA) is 56.8 Å². The predicted octanol–water partition coefficient (Wildman–Crippen LogP) is 5.69. The third-order valence-electron chi connectivity index (χ3n) is 4.55. The summed E-state index contributed by atoms with van der Waals surface area (Å²) >= 11 is 12.7. The molecular formula is C23H24ClNO4S2. The maximum Gasteiger partial charge on any atom is 0.263 e. The highest BCUT2D eigenvalue weighted by Crippen LogP contribution is 2.38. The summed E-state index contributed by atoms with van der Waals surface area (Å²) in [5.41, 5.74) is 3.18. The van der Waals surface area contributed by atoms with Gasteiger partial charge in [0, 0.05) is 6.42 Å². The normalized spacial score (nSPS) is 14.6. The van der Waals surface area contributed by atoms with Crippen LogP contribution < -0.4 is 19.5 Å². The standard InChI is InChI=1S/C23H24ClNO4S2/c1-4-27-19-12-16(13-20-22(26)25-23(30)31-20)11-18(24)21(19)29-9-5-8-28-17-7-6-14(2)15(3)10-17/h6-7,10-13H,4-5,8-9H2,1-3H3,(H,25,26,30). The average molecular weight is 478 g/mol. The highest BCUT2D eigenvalue weighted by atomic mass is 35.5. The quantitative estimate of drug-likeness (QED) is 0.284. The first-order chi connectivity index (χ1) is 14.9. The van der Waals surface area contributed by atoms with Crippen LogP contribution in [0.15, 0.2) is 35.2 Å². The van der Waals surface area contributed by atoms with Gasteiger partial charge in [0.1, 0.15) is 10.1 Å². The van der Waals surface area contributed by atoms with Crippen LogP contribution in [-0.2, 0) is 4.79 Å². The number of aryl methyl sites for hydroxylation is 2. The molecule has 0 spiro atoms. The van der Waals surface area contributed by atoms with Gasteiger partial charge in [-0.25, -0.2) is 0 Å². The van der Waals surface area contributed by atoms with Crippen molar-refractivity contribution in [1.82, 2.24) is 5.32 Å². The Labute approximate surface area is 197 Å². The van der Waals surface area contributed by atoms with Crippen molar-refractivity contribution in [3.63, 3.8) is 0 Å². The second-order valence-electron chi connectivity index (χ2n) is 6.91. The number of thioether (sulfide) groups is 1. The molecule has 1 saturated heterocycles. The summed E-state index contributed by atoms with van der Waals surface area (Å²) in [7, 11) is 0. The first kappa shape index (κ1) is 23.4. The van der Waals surface area contributed by atoms with Crippen LogP contribution in [0, 0.1) is 13.8 Å². The van der Waals surface area contributed by atoms with E-state index in [1.807, 2.05) is 25.1 Å². The van der Waals surface area contributed by atoms with E-state index in [1.54, 1.807) is 18.2 Å². The molecule has 0 aromatic heterocycles. The number of amides is 1. The third kappa shape index (κ3) is 6.38. The van der Waals surface area contributed by atoms with Crippen molar-refractivity contribution >= 4 is 51.9 Å². The number of ether oxygens (including phenoxy) is 3. The first-order valence-electron chi connectivity index (χ1n) is 9.91. The highest BCUT2D eigenvalue weighted by molar-refractivity contribution is 8.26. The van der Waals surface area contributed by atoms with Gasteiger partial charge in [0.05, 0.1) is 29.7 Å². The van der Waals surface area contributed by atoms with Crippen molar-refractivity contribution in [3.8, 4) is 17.2 Å². The largest absolute Gasteiger partial charge is 0.493 e. The Morgan fingerprint density at radius 3 is 2.55 bits per heavy atom. The van der Waals surface area contributed by atoms with Gasteiger partial charge < -0.3 is 19.5 Å². The van der Waals surface area contributed by atoms with Gasteiger partial charge in [0.25, 0.3) is 5.91 Å². The van der Waals surface area contributed by atoms with Crippen LogP contribution in [0.5, 0.6) is 17.2 Å². The van der Waals surface area contributed by atoms with Gasteiger partial charge in [0.2, 0.25) is 0 Å². The van der Waals surface area contributed by atoms with Crippen LogP contribution in [0.1, 0.15) is 30.0 Å². The van der Waals surface area contributed by atoms with E-state index >= 15 is 0 Å². The zero-order valence-electron chi connectivity index (χ0n) is 17.6. The fraction of sp³-hybridized carbons (Fsp3) is 0.304. The van der Waals surface area contributed by atoms with Gasteiger partial charge in [-0.05, 0) is 67.8 Å². The predicted molar refractivity (Wildman–Crippen MR) is 130 cm³/mol. The molecule has 8 heteroatoms. The second-order valence-corrected chi connectivity index (χ2v) is 9.04. The number of hydrogen-bond donors (Lipinski definition) is 1. The van der Waals surface area contributed by atoms with Crippen molar-refractivity contribution in [2.24, 2.45) is 0 Å². The number of nitrogens with one attached hydrogen (secondary N) is 1. The zero-order chi connectivity index (χ0) is 22.4. The number of carbonyl (C=O) groups is 1. The summed E-state index contributed by atoms with van der Waals surface area (Å²) < 4.78 is 17.9. The van der Waals surface area contributed by atoms with Crippen molar-refractivity contribution in [2.45, 2.75) is 27.2 Å². The summed E-state index contributed by atoms with van der Waals surface area (Å²) in [5.74, 6) is 1.65. The molecule has 0 atom stereocenters. The highest BCUT2D eigenvalue weighted by Gasteiger charge is 2.22. The van der Waals surface area contributed by atoms with Crippen LogP contribution in [-0.4, -0.2) is 30.0 Å². The summed E-state index contributed by atoms with van der Waals surface area (Å²) in [6.07, 6.45) is 2.42. The van der Waals surface area contributed by atoms with Crippen molar-refractivity contribution in [2.75, 3.05) is 19.8 Å². The van der Waals surface area contributed by atoms with Gasteiger partial charge in [0.15, 0.2) is 11.5 Å². The first-order valence-corrected chi connectivity index (χ1v) is 11.5. The van der Waals surface area contributed by atoms with Crippen molar-refractivity contribution in [3.05, 3.63) is 56.9 Å². The molecule has 0 aliphatic carbocycles. The summed E-state index contributed by atoms with van der Waals surface area (Å²) in [6.45, 7) is 7.44. The van der Waals surface area contributed by atoms with Crippen LogP contribution in [0.2, 0.25) is 5.02 Å². The van der Waals surface area contributed by atoms with E-state index in [1.165, 1.54) is 22.9 Å². The minimum Gasteiger partial charge on any atom is -0.493 e. The molecule has 31 heavy (non-hydrogen) atoms. The number of hydrogen-bond acceptors (Lipinski definition) is 6. The molecule has 2 aromatic carbocycles. The van der Waals surface area contributed by atoms with Crippen LogP contribution in [0.4, 0.5) is 0 Å². The second kappa shape index (κ2) is 10.9. The molecular weight excluding hydrogens is 454 g/mol. The summed E-state index contributed by atoms with van der Waals surface area (Å²) in [4.78, 5) is 12.4. The summed E-state index contributed by atoms with van der Waals surface area (Å²) in [6, 6.07) is 9.60. The van der Waals surface area contributed by atoms with E-state index in [9.17, 15) is 4.79 Å². The Morgan fingerprint density at radius 2 is 1.87 bits per heavy atom. The Morgan fingerprint density at radius 1 is 1.10 bits per heavy atom. The Balaban J connectivity index is 1.62. The number of benzene rings is 2. The lowest BCUT2D eigenvalue weighted by Crippen LogP contribution is -2.17.